The first kappa shape index (κ1) is 28.9. The molecular weight excluding hydrogens is 360 g/mol. The van der Waals surface area contributed by atoms with Gasteiger partial charge in [0.1, 0.15) is 0 Å². The molecule has 1 atom stereocenters. The van der Waals surface area contributed by atoms with Crippen LogP contribution in [0.2, 0.25) is 0 Å². The summed E-state index contributed by atoms with van der Waals surface area (Å²) in [6.07, 6.45) is 22.3. The molecule has 0 saturated heterocycles. The molecule has 0 aromatic heterocycles. The van der Waals surface area contributed by atoms with Crippen LogP contribution < -0.4 is 0 Å². The van der Waals surface area contributed by atoms with Crippen molar-refractivity contribution in [2.75, 3.05) is 27.4 Å². The van der Waals surface area contributed by atoms with Crippen LogP contribution in [0, 0.1) is 5.92 Å². The molecule has 0 aromatic rings. The van der Waals surface area contributed by atoms with Gasteiger partial charge < -0.3 is 14.2 Å². The van der Waals surface area contributed by atoms with Gasteiger partial charge in [-0.2, -0.15) is 0 Å². The van der Waals surface area contributed by atoms with E-state index in [0.29, 0.717) is 5.92 Å². The molecular formula is C26H54O3. The Morgan fingerprint density at radius 1 is 0.552 bits per heavy atom. The van der Waals surface area contributed by atoms with Crippen LogP contribution in [0.3, 0.4) is 0 Å². The molecule has 0 bridgehead atoms. The van der Waals surface area contributed by atoms with E-state index in [9.17, 15) is 0 Å². The van der Waals surface area contributed by atoms with Gasteiger partial charge in [-0.15, -0.1) is 0 Å². The van der Waals surface area contributed by atoms with E-state index in [4.69, 9.17) is 14.2 Å². The minimum Gasteiger partial charge on any atom is -0.381 e. The molecule has 0 N–H and O–H groups in total. The molecule has 0 aromatic carbocycles. The lowest BCUT2D eigenvalue weighted by atomic mass is 9.88. The number of methoxy groups -OCH3 is 2. The summed E-state index contributed by atoms with van der Waals surface area (Å²) in [4.78, 5) is 0. The fourth-order valence-corrected chi connectivity index (χ4v) is 4.13. The molecule has 0 aliphatic carbocycles. The average molecular weight is 415 g/mol. The van der Waals surface area contributed by atoms with Gasteiger partial charge in [0.05, 0.1) is 0 Å². The minimum absolute atomic E-state index is 0.440. The normalized spacial score (nSPS) is 13.1. The van der Waals surface area contributed by atoms with E-state index in [1.807, 2.05) is 0 Å². The van der Waals surface area contributed by atoms with E-state index >= 15 is 0 Å². The molecule has 0 aliphatic rings. The zero-order valence-corrected chi connectivity index (χ0v) is 20.7. The van der Waals surface area contributed by atoms with E-state index in [0.717, 1.165) is 26.1 Å². The van der Waals surface area contributed by atoms with Gasteiger partial charge in [0.15, 0.2) is 5.79 Å². The van der Waals surface area contributed by atoms with Crippen LogP contribution in [0.5, 0.6) is 0 Å². The number of rotatable bonds is 23. The SMILES string of the molecule is CCCCCCCCCCOCCCC(CCCCCCCC)C(C)(OC)OC. The van der Waals surface area contributed by atoms with Crippen LogP contribution in [0.4, 0.5) is 0 Å². The Labute approximate surface area is 183 Å². The molecule has 0 heterocycles. The highest BCUT2D eigenvalue weighted by atomic mass is 16.7. The third-order valence-corrected chi connectivity index (χ3v) is 6.44. The van der Waals surface area contributed by atoms with Crippen LogP contribution in [0.15, 0.2) is 0 Å². The predicted octanol–water partition coefficient (Wildman–Crippen LogP) is 8.30. The highest BCUT2D eigenvalue weighted by Gasteiger charge is 2.33. The summed E-state index contributed by atoms with van der Waals surface area (Å²) in [6.45, 7) is 8.43. The largest absolute Gasteiger partial charge is 0.381 e. The van der Waals surface area contributed by atoms with Crippen molar-refractivity contribution in [2.24, 2.45) is 5.92 Å². The van der Waals surface area contributed by atoms with Crippen molar-refractivity contribution >= 4 is 0 Å². The summed E-state index contributed by atoms with van der Waals surface area (Å²) in [5.74, 6) is -0.0309. The van der Waals surface area contributed by atoms with E-state index in [2.05, 4.69) is 20.8 Å². The topological polar surface area (TPSA) is 27.7 Å². The highest BCUT2D eigenvalue weighted by Crippen LogP contribution is 2.31. The first-order chi connectivity index (χ1) is 14.1. The molecule has 0 fully saturated rings. The number of ether oxygens (including phenoxy) is 3. The second kappa shape index (κ2) is 21.1. The molecule has 29 heavy (non-hydrogen) atoms. The van der Waals surface area contributed by atoms with Gasteiger partial charge in [-0.05, 0) is 32.6 Å². The second-order valence-corrected chi connectivity index (χ2v) is 8.91. The quantitative estimate of drug-likeness (QED) is 0.124. The summed E-state index contributed by atoms with van der Waals surface area (Å²) in [5, 5.41) is 0. The Kier molecular flexibility index (Phi) is 21.0. The van der Waals surface area contributed by atoms with E-state index < -0.39 is 5.79 Å². The molecule has 0 saturated carbocycles. The Morgan fingerprint density at radius 2 is 0.966 bits per heavy atom. The van der Waals surface area contributed by atoms with Crippen LogP contribution >= 0.6 is 0 Å². The summed E-state index contributed by atoms with van der Waals surface area (Å²) >= 11 is 0. The molecule has 3 nitrogen and oxygen atoms in total. The fraction of sp³-hybridized carbons (Fsp3) is 1.00. The van der Waals surface area contributed by atoms with E-state index in [1.54, 1.807) is 14.2 Å². The smallest absolute Gasteiger partial charge is 0.167 e. The summed E-state index contributed by atoms with van der Waals surface area (Å²) in [7, 11) is 3.55. The van der Waals surface area contributed by atoms with Crippen molar-refractivity contribution in [1.29, 1.82) is 0 Å². The first-order valence-electron chi connectivity index (χ1n) is 12.8. The van der Waals surface area contributed by atoms with Crippen molar-refractivity contribution in [2.45, 2.75) is 136 Å². The predicted molar refractivity (Wildman–Crippen MR) is 127 cm³/mol. The fourth-order valence-electron chi connectivity index (χ4n) is 4.13. The van der Waals surface area contributed by atoms with Gasteiger partial charge in [0.25, 0.3) is 0 Å². The summed E-state index contributed by atoms with van der Waals surface area (Å²) in [5.41, 5.74) is 0. The lowest BCUT2D eigenvalue weighted by Crippen LogP contribution is -2.39. The zero-order valence-electron chi connectivity index (χ0n) is 20.7. The standard InChI is InChI=1S/C26H54O3/c1-6-8-10-12-14-15-17-19-23-29-24-20-22-25(26(3,27-4)28-5)21-18-16-13-11-9-7-2/h25H,6-24H2,1-5H3. The van der Waals surface area contributed by atoms with Crippen molar-refractivity contribution in [1.82, 2.24) is 0 Å². The van der Waals surface area contributed by atoms with Gasteiger partial charge >= 0.3 is 0 Å². The zero-order chi connectivity index (χ0) is 21.6. The maximum atomic E-state index is 5.90. The van der Waals surface area contributed by atoms with Gasteiger partial charge in [0, 0.05) is 33.4 Å². The average Bonchev–Trinajstić information content (AvgIpc) is 2.74. The maximum absolute atomic E-state index is 5.90. The lowest BCUT2D eigenvalue weighted by Gasteiger charge is -2.35. The Balaban J connectivity index is 3.85. The second-order valence-electron chi connectivity index (χ2n) is 8.91. The van der Waals surface area contributed by atoms with Crippen LogP contribution in [-0.2, 0) is 14.2 Å². The third-order valence-electron chi connectivity index (χ3n) is 6.44. The van der Waals surface area contributed by atoms with Gasteiger partial charge in [-0.1, -0.05) is 97.3 Å². The maximum Gasteiger partial charge on any atom is 0.167 e. The van der Waals surface area contributed by atoms with Gasteiger partial charge in [0.2, 0.25) is 0 Å². The molecule has 0 aliphatic heterocycles. The Morgan fingerprint density at radius 3 is 1.48 bits per heavy atom. The number of unbranched alkanes of at least 4 members (excludes halogenated alkanes) is 12. The number of hydrogen-bond donors (Lipinski definition) is 0. The highest BCUT2D eigenvalue weighted by molar-refractivity contribution is 4.75. The molecule has 0 rings (SSSR count). The summed E-state index contributed by atoms with van der Waals surface area (Å²) < 4.78 is 17.4. The molecule has 0 spiro atoms. The van der Waals surface area contributed by atoms with Crippen LogP contribution in [0.25, 0.3) is 0 Å². The monoisotopic (exact) mass is 414 g/mol. The molecule has 0 amide bonds. The molecule has 1 unspecified atom stereocenters. The van der Waals surface area contributed by atoms with Crippen LogP contribution in [-0.4, -0.2) is 33.2 Å². The van der Waals surface area contributed by atoms with Crippen molar-refractivity contribution in [3.8, 4) is 0 Å². The van der Waals surface area contributed by atoms with Crippen molar-refractivity contribution in [3.63, 3.8) is 0 Å². The summed E-state index contributed by atoms with van der Waals surface area (Å²) in [6, 6.07) is 0. The molecule has 176 valence electrons. The van der Waals surface area contributed by atoms with E-state index in [-0.39, 0.29) is 0 Å². The third kappa shape index (κ3) is 16.3. The number of hydrogen-bond acceptors (Lipinski definition) is 3. The first-order valence-corrected chi connectivity index (χ1v) is 12.8. The van der Waals surface area contributed by atoms with Gasteiger partial charge in [-0.3, -0.25) is 0 Å². The Hall–Kier alpha value is -0.120. The van der Waals surface area contributed by atoms with Crippen LogP contribution in [0.1, 0.15) is 130 Å². The molecule has 0 radical (unpaired) electrons. The van der Waals surface area contributed by atoms with Gasteiger partial charge in [-0.25, -0.2) is 0 Å². The Bertz CT molecular complexity index is 315. The van der Waals surface area contributed by atoms with Crippen molar-refractivity contribution < 1.29 is 14.2 Å². The lowest BCUT2D eigenvalue weighted by molar-refractivity contribution is -0.230. The minimum atomic E-state index is -0.471. The van der Waals surface area contributed by atoms with E-state index in [1.165, 1.54) is 96.3 Å². The van der Waals surface area contributed by atoms with Crippen molar-refractivity contribution in [3.05, 3.63) is 0 Å². The molecule has 3 heteroatoms.